The lowest BCUT2D eigenvalue weighted by Crippen LogP contribution is -2.34. The van der Waals surface area contributed by atoms with Crippen LogP contribution in [0.5, 0.6) is 5.75 Å². The molecule has 7 nitrogen and oxygen atoms in total. The van der Waals surface area contributed by atoms with Crippen LogP contribution in [0, 0.1) is 11.3 Å². The highest BCUT2D eigenvalue weighted by molar-refractivity contribution is 5.94. The van der Waals surface area contributed by atoms with E-state index in [0.29, 0.717) is 36.4 Å². The average Bonchev–Trinajstić information content (AvgIpc) is 3.38. The molecule has 7 heteroatoms. The van der Waals surface area contributed by atoms with Gasteiger partial charge in [0.15, 0.2) is 11.5 Å². The van der Waals surface area contributed by atoms with Crippen molar-refractivity contribution in [2.24, 2.45) is 11.3 Å². The van der Waals surface area contributed by atoms with Crippen LogP contribution in [0.1, 0.15) is 56.4 Å². The molecular weight excluding hydrogens is 404 g/mol. The van der Waals surface area contributed by atoms with Gasteiger partial charge in [-0.1, -0.05) is 34.6 Å². The fourth-order valence-corrected chi connectivity index (χ4v) is 4.15. The van der Waals surface area contributed by atoms with Gasteiger partial charge >= 0.3 is 0 Å². The number of methoxy groups -OCH3 is 1. The summed E-state index contributed by atoms with van der Waals surface area (Å²) in [7, 11) is 1.72. The van der Waals surface area contributed by atoms with Gasteiger partial charge in [-0.05, 0) is 47.4 Å². The predicted molar refractivity (Wildman–Crippen MR) is 124 cm³/mol. The standard InChI is InChI=1S/C25H32N4O3/c1-15(2)11-17-12-18-16(13-19(17)31-6)7-9-29-21(18)20(24-26-8-10-32-24)28-22(29)23(30)27-14-25(3,4)5/h8,10,12-13,15H,7,9,11,14H2,1-6H3,(H,27,30). The Morgan fingerprint density at radius 1 is 1.31 bits per heavy atom. The normalized spacial score (nSPS) is 13.1. The van der Waals surface area contributed by atoms with Gasteiger partial charge in [0.25, 0.3) is 5.91 Å². The zero-order valence-corrected chi connectivity index (χ0v) is 19.8. The molecule has 3 aromatic rings. The molecule has 0 spiro atoms. The van der Waals surface area contributed by atoms with E-state index in [4.69, 9.17) is 14.1 Å². The van der Waals surface area contributed by atoms with Gasteiger partial charge in [0.05, 0.1) is 19.0 Å². The van der Waals surface area contributed by atoms with Crippen LogP contribution in [-0.2, 0) is 19.4 Å². The van der Waals surface area contributed by atoms with Crippen LogP contribution in [-0.4, -0.2) is 34.1 Å². The number of hydrogen-bond donors (Lipinski definition) is 1. The number of rotatable bonds is 6. The second kappa shape index (κ2) is 8.45. The average molecular weight is 437 g/mol. The summed E-state index contributed by atoms with van der Waals surface area (Å²) in [4.78, 5) is 22.2. The Morgan fingerprint density at radius 3 is 2.72 bits per heavy atom. The van der Waals surface area contributed by atoms with E-state index in [-0.39, 0.29) is 11.3 Å². The molecule has 32 heavy (non-hydrogen) atoms. The Bertz CT molecular complexity index is 1120. The molecule has 170 valence electrons. The molecule has 0 saturated carbocycles. The van der Waals surface area contributed by atoms with Crippen LogP contribution < -0.4 is 10.1 Å². The Labute approximate surface area is 189 Å². The topological polar surface area (TPSA) is 82.2 Å². The summed E-state index contributed by atoms with van der Waals surface area (Å²) in [6.45, 7) is 11.9. The van der Waals surface area contributed by atoms with Crippen LogP contribution in [0.2, 0.25) is 0 Å². The van der Waals surface area contributed by atoms with Crippen molar-refractivity contribution in [3.8, 4) is 28.6 Å². The fourth-order valence-electron chi connectivity index (χ4n) is 4.15. The highest BCUT2D eigenvalue weighted by Gasteiger charge is 2.31. The number of oxazole rings is 1. The third-order valence-corrected chi connectivity index (χ3v) is 5.58. The minimum Gasteiger partial charge on any atom is -0.496 e. The lowest BCUT2D eigenvalue weighted by Gasteiger charge is -2.24. The summed E-state index contributed by atoms with van der Waals surface area (Å²) in [5.74, 6) is 2.02. The molecule has 0 aliphatic carbocycles. The zero-order valence-electron chi connectivity index (χ0n) is 19.8. The first-order chi connectivity index (χ1) is 15.2. The number of imidazole rings is 1. The van der Waals surface area contributed by atoms with E-state index in [1.807, 2.05) is 4.57 Å². The second-order valence-corrected chi connectivity index (χ2v) is 10.0. The van der Waals surface area contributed by atoms with Crippen molar-refractivity contribution in [3.63, 3.8) is 0 Å². The molecule has 1 aromatic carbocycles. The molecule has 1 amide bonds. The number of fused-ring (bicyclic) bond motifs is 3. The summed E-state index contributed by atoms with van der Waals surface area (Å²) in [5.41, 5.74) is 4.83. The van der Waals surface area contributed by atoms with E-state index in [0.717, 1.165) is 35.4 Å². The van der Waals surface area contributed by atoms with Crippen molar-refractivity contribution in [2.45, 2.75) is 54.0 Å². The molecule has 1 aliphatic rings. The van der Waals surface area contributed by atoms with Crippen LogP contribution in [0.15, 0.2) is 29.0 Å². The number of aryl methyl sites for hydroxylation is 1. The van der Waals surface area contributed by atoms with E-state index in [1.165, 1.54) is 11.8 Å². The van der Waals surface area contributed by atoms with E-state index < -0.39 is 0 Å². The fraction of sp³-hybridized carbons (Fsp3) is 0.480. The number of aromatic nitrogens is 3. The molecule has 4 rings (SSSR count). The Hall–Kier alpha value is -3.09. The lowest BCUT2D eigenvalue weighted by molar-refractivity contribution is 0.0924. The maximum absolute atomic E-state index is 13.1. The third kappa shape index (κ3) is 4.29. The zero-order chi connectivity index (χ0) is 23.0. The number of carbonyl (C=O) groups excluding carboxylic acids is 1. The Balaban J connectivity index is 1.86. The second-order valence-electron chi connectivity index (χ2n) is 10.0. The van der Waals surface area contributed by atoms with Crippen molar-refractivity contribution < 1.29 is 13.9 Å². The number of ether oxygens (including phenoxy) is 1. The largest absolute Gasteiger partial charge is 0.496 e. The van der Waals surface area contributed by atoms with Gasteiger partial charge < -0.3 is 19.0 Å². The van der Waals surface area contributed by atoms with Crippen LogP contribution >= 0.6 is 0 Å². The van der Waals surface area contributed by atoms with Crippen molar-refractivity contribution in [2.75, 3.05) is 13.7 Å². The Morgan fingerprint density at radius 2 is 2.09 bits per heavy atom. The maximum Gasteiger partial charge on any atom is 0.287 e. The van der Waals surface area contributed by atoms with Gasteiger partial charge in [0, 0.05) is 18.7 Å². The van der Waals surface area contributed by atoms with Crippen molar-refractivity contribution >= 4 is 5.91 Å². The maximum atomic E-state index is 13.1. The highest BCUT2D eigenvalue weighted by Crippen LogP contribution is 2.41. The minimum atomic E-state index is -0.182. The first-order valence-electron chi connectivity index (χ1n) is 11.2. The van der Waals surface area contributed by atoms with Crippen molar-refractivity contribution in [3.05, 3.63) is 41.5 Å². The smallest absolute Gasteiger partial charge is 0.287 e. The first-order valence-corrected chi connectivity index (χ1v) is 11.2. The number of hydrogen-bond acceptors (Lipinski definition) is 5. The summed E-state index contributed by atoms with van der Waals surface area (Å²) in [6.07, 6.45) is 4.82. The van der Waals surface area contributed by atoms with E-state index in [2.05, 4.69) is 57.1 Å². The highest BCUT2D eigenvalue weighted by atomic mass is 16.5. The lowest BCUT2D eigenvalue weighted by atomic mass is 9.91. The Kier molecular flexibility index (Phi) is 5.84. The monoisotopic (exact) mass is 436 g/mol. The van der Waals surface area contributed by atoms with Gasteiger partial charge in [-0.15, -0.1) is 0 Å². The summed E-state index contributed by atoms with van der Waals surface area (Å²) in [6, 6.07) is 4.31. The number of nitrogens with one attached hydrogen (secondary N) is 1. The molecule has 0 radical (unpaired) electrons. The van der Waals surface area contributed by atoms with Gasteiger partial charge in [0.1, 0.15) is 12.0 Å². The van der Waals surface area contributed by atoms with Crippen LogP contribution in [0.4, 0.5) is 0 Å². The molecule has 0 atom stereocenters. The molecule has 1 aliphatic heterocycles. The van der Waals surface area contributed by atoms with Crippen molar-refractivity contribution in [1.82, 2.24) is 19.9 Å². The molecule has 0 bridgehead atoms. The number of nitrogens with zero attached hydrogens (tertiary/aromatic N) is 3. The third-order valence-electron chi connectivity index (χ3n) is 5.58. The number of amides is 1. The van der Waals surface area contributed by atoms with E-state index >= 15 is 0 Å². The molecule has 2 aromatic heterocycles. The molecule has 1 N–H and O–H groups in total. The predicted octanol–water partition coefficient (Wildman–Crippen LogP) is 4.74. The van der Waals surface area contributed by atoms with E-state index in [9.17, 15) is 4.79 Å². The molecule has 0 unspecified atom stereocenters. The number of carbonyl (C=O) groups is 1. The van der Waals surface area contributed by atoms with E-state index in [1.54, 1.807) is 13.3 Å². The molecule has 3 heterocycles. The number of benzene rings is 1. The molecule has 0 saturated heterocycles. The van der Waals surface area contributed by atoms with Crippen LogP contribution in [0.3, 0.4) is 0 Å². The first kappa shape index (κ1) is 22.1. The van der Waals surface area contributed by atoms with Gasteiger partial charge in [0.2, 0.25) is 5.89 Å². The summed E-state index contributed by atoms with van der Waals surface area (Å²) < 4.78 is 13.3. The quantitative estimate of drug-likeness (QED) is 0.603. The van der Waals surface area contributed by atoms with Gasteiger partial charge in [-0.3, -0.25) is 4.79 Å². The van der Waals surface area contributed by atoms with Gasteiger partial charge in [-0.2, -0.15) is 0 Å². The van der Waals surface area contributed by atoms with Gasteiger partial charge in [-0.25, -0.2) is 9.97 Å². The molecule has 0 fully saturated rings. The minimum absolute atomic E-state index is 0.0206. The van der Waals surface area contributed by atoms with Crippen LogP contribution in [0.25, 0.3) is 22.8 Å². The summed E-state index contributed by atoms with van der Waals surface area (Å²) in [5, 5.41) is 3.03. The summed E-state index contributed by atoms with van der Waals surface area (Å²) >= 11 is 0. The van der Waals surface area contributed by atoms with Crippen molar-refractivity contribution in [1.29, 1.82) is 0 Å². The molecular formula is C25H32N4O3. The SMILES string of the molecule is COc1cc2c(cc1CC(C)C)-c1c(-c3ncco3)nc(C(=O)NCC(C)(C)C)n1CC2.